The summed E-state index contributed by atoms with van der Waals surface area (Å²) in [6, 6.07) is 19.7. The number of aliphatic hydroxyl groups is 1. The van der Waals surface area contributed by atoms with Crippen LogP contribution in [0.25, 0.3) is 0 Å². The number of rotatable bonds is 9. The number of hydrogen-bond donors (Lipinski definition) is 1. The average Bonchev–Trinajstić information content (AvgIpc) is 2.83. The molecule has 10 heteroatoms. The van der Waals surface area contributed by atoms with Crippen LogP contribution in [0.15, 0.2) is 60.7 Å². The van der Waals surface area contributed by atoms with E-state index in [2.05, 4.69) is 36.4 Å². The summed E-state index contributed by atoms with van der Waals surface area (Å²) in [7, 11) is -2.02. The van der Waals surface area contributed by atoms with Gasteiger partial charge in [0.1, 0.15) is 0 Å². The first-order valence-corrected chi connectivity index (χ1v) is 16.4. The fourth-order valence-corrected chi connectivity index (χ4v) is 3.11. The SMILES string of the molecule is CCN(CC)CC.CS(=O)(=O)Cl.C[C@@H](CO)c1ccccc1.C[C@@H](COS(C)(=O)=O)c1ccccc1. The van der Waals surface area contributed by atoms with Crippen LogP contribution < -0.4 is 0 Å². The molecule has 0 aliphatic carbocycles. The summed E-state index contributed by atoms with van der Waals surface area (Å²) >= 11 is 0. The van der Waals surface area contributed by atoms with Crippen molar-refractivity contribution in [1.82, 2.24) is 4.90 Å². The second-order valence-electron chi connectivity index (χ2n) is 8.10. The maximum Gasteiger partial charge on any atom is 0.264 e. The van der Waals surface area contributed by atoms with Crippen molar-refractivity contribution in [3.63, 3.8) is 0 Å². The van der Waals surface area contributed by atoms with Gasteiger partial charge in [0.05, 0.1) is 19.1 Å². The largest absolute Gasteiger partial charge is 0.396 e. The van der Waals surface area contributed by atoms with E-state index in [1.54, 1.807) is 0 Å². The Morgan fingerprint density at radius 2 is 1.11 bits per heavy atom. The topological polar surface area (TPSA) is 101 Å². The molecule has 2 atom stereocenters. The van der Waals surface area contributed by atoms with Crippen LogP contribution in [0.1, 0.15) is 57.6 Å². The molecule has 0 fully saturated rings. The average molecular weight is 566 g/mol. The van der Waals surface area contributed by atoms with E-state index in [1.807, 2.05) is 74.5 Å². The molecule has 0 heterocycles. The zero-order chi connectivity index (χ0) is 28.2. The van der Waals surface area contributed by atoms with E-state index >= 15 is 0 Å². The lowest BCUT2D eigenvalue weighted by molar-refractivity contribution is 0.273. The molecule has 2 rings (SSSR count). The lowest BCUT2D eigenvalue weighted by atomic mass is 10.0. The summed E-state index contributed by atoms with van der Waals surface area (Å²) in [6.07, 6.45) is 1.99. The molecule has 36 heavy (non-hydrogen) atoms. The smallest absolute Gasteiger partial charge is 0.264 e. The Bertz CT molecular complexity index is 970. The second-order valence-corrected chi connectivity index (χ2v) is 12.8. The third-order valence-electron chi connectivity index (χ3n) is 4.88. The lowest BCUT2D eigenvalue weighted by Gasteiger charge is -2.13. The van der Waals surface area contributed by atoms with Gasteiger partial charge in [-0.25, -0.2) is 8.42 Å². The van der Waals surface area contributed by atoms with E-state index in [9.17, 15) is 16.8 Å². The molecular weight excluding hydrogens is 522 g/mol. The minimum Gasteiger partial charge on any atom is -0.396 e. The van der Waals surface area contributed by atoms with Gasteiger partial charge in [0.2, 0.25) is 9.05 Å². The van der Waals surface area contributed by atoms with Crippen LogP contribution in [-0.4, -0.2) is 72.2 Å². The zero-order valence-electron chi connectivity index (χ0n) is 22.6. The van der Waals surface area contributed by atoms with Crippen molar-refractivity contribution >= 4 is 29.9 Å². The third kappa shape index (κ3) is 24.2. The Morgan fingerprint density at radius 3 is 1.36 bits per heavy atom. The van der Waals surface area contributed by atoms with E-state index in [4.69, 9.17) is 9.29 Å². The number of benzene rings is 2. The molecule has 0 spiro atoms. The summed E-state index contributed by atoms with van der Waals surface area (Å²) in [5, 5.41) is 8.79. The lowest BCUT2D eigenvalue weighted by Crippen LogP contribution is -2.21. The molecule has 0 radical (unpaired) electrons. The number of nitrogens with zero attached hydrogens (tertiary/aromatic N) is 1. The maximum atomic E-state index is 10.7. The van der Waals surface area contributed by atoms with Gasteiger partial charge < -0.3 is 10.0 Å². The highest BCUT2D eigenvalue weighted by molar-refractivity contribution is 8.13. The molecule has 2 aromatic rings. The van der Waals surface area contributed by atoms with Gasteiger partial charge in [0, 0.05) is 29.1 Å². The Morgan fingerprint density at radius 1 is 0.778 bits per heavy atom. The van der Waals surface area contributed by atoms with Gasteiger partial charge in [0.15, 0.2) is 0 Å². The summed E-state index contributed by atoms with van der Waals surface area (Å²) in [5.41, 5.74) is 2.28. The molecule has 0 amide bonds. The highest BCUT2D eigenvalue weighted by Crippen LogP contribution is 2.15. The van der Waals surface area contributed by atoms with Gasteiger partial charge >= 0.3 is 0 Å². The molecule has 0 aliphatic rings. The van der Waals surface area contributed by atoms with Crippen LogP contribution in [-0.2, 0) is 23.4 Å². The summed E-state index contributed by atoms with van der Waals surface area (Å²) in [5.74, 6) is 0.354. The van der Waals surface area contributed by atoms with E-state index in [0.717, 1.165) is 18.1 Å². The van der Waals surface area contributed by atoms with E-state index in [-0.39, 0.29) is 25.0 Å². The number of aliphatic hydroxyl groups excluding tert-OH is 1. The predicted molar refractivity (Wildman–Crippen MR) is 152 cm³/mol. The summed E-state index contributed by atoms with van der Waals surface area (Å²) in [6.45, 7) is 14.5. The molecule has 0 bridgehead atoms. The van der Waals surface area contributed by atoms with Crippen LogP contribution in [0.5, 0.6) is 0 Å². The van der Waals surface area contributed by atoms with Crippen molar-refractivity contribution in [2.24, 2.45) is 0 Å². The van der Waals surface area contributed by atoms with Crippen molar-refractivity contribution in [3.8, 4) is 0 Å². The molecule has 0 saturated heterocycles. The summed E-state index contributed by atoms with van der Waals surface area (Å²) < 4.78 is 45.0. The quantitative estimate of drug-likeness (QED) is 0.334. The fourth-order valence-electron chi connectivity index (χ4n) is 2.66. The fraction of sp³-hybridized carbons (Fsp3) is 0.538. The van der Waals surface area contributed by atoms with Gasteiger partial charge in [-0.2, -0.15) is 8.42 Å². The minimum absolute atomic E-state index is 0.0888. The normalized spacial score (nSPS) is 12.6. The van der Waals surface area contributed by atoms with Crippen LogP contribution in [0.4, 0.5) is 0 Å². The molecule has 0 aromatic heterocycles. The molecular formula is C26H44ClNO6S2. The number of hydrogen-bond acceptors (Lipinski definition) is 7. The monoisotopic (exact) mass is 565 g/mol. The van der Waals surface area contributed by atoms with Gasteiger partial charge in [-0.3, -0.25) is 4.18 Å². The molecule has 0 saturated carbocycles. The van der Waals surface area contributed by atoms with Crippen LogP contribution in [0, 0.1) is 0 Å². The molecule has 208 valence electrons. The van der Waals surface area contributed by atoms with Crippen LogP contribution in [0.2, 0.25) is 0 Å². The first-order chi connectivity index (χ1) is 16.7. The van der Waals surface area contributed by atoms with Gasteiger partial charge in [0.25, 0.3) is 10.1 Å². The number of halogens is 1. The Hall–Kier alpha value is -1.49. The van der Waals surface area contributed by atoms with Crippen LogP contribution >= 0.6 is 10.7 Å². The molecule has 0 aliphatic heterocycles. The van der Waals surface area contributed by atoms with Gasteiger partial charge in [-0.1, -0.05) is 95.3 Å². The van der Waals surface area contributed by atoms with Crippen molar-refractivity contribution in [2.45, 2.75) is 46.5 Å². The van der Waals surface area contributed by atoms with E-state index in [0.29, 0.717) is 0 Å². The summed E-state index contributed by atoms with van der Waals surface area (Å²) in [4.78, 5) is 2.38. The maximum absolute atomic E-state index is 10.7. The molecule has 2 aromatic carbocycles. The standard InChI is InChI=1S/C10H14O3S.C9H12O.C6H15N.CH3ClO2S/c1-9(8-13-14(2,11)12)10-6-4-3-5-7-10;1-8(7-10)9-5-3-2-4-6-9;1-4-7(5-2)6-3;1-5(2,3)4/h3-7,9H,8H2,1-2H3;2-6,8,10H,7H2,1H3;4-6H2,1-3H3;1H3/t9-;8-;;/m00../s1. The molecule has 0 unspecified atom stereocenters. The third-order valence-corrected chi connectivity index (χ3v) is 5.45. The van der Waals surface area contributed by atoms with E-state index in [1.165, 1.54) is 25.2 Å². The highest BCUT2D eigenvalue weighted by atomic mass is 35.7. The van der Waals surface area contributed by atoms with Crippen molar-refractivity contribution in [1.29, 1.82) is 0 Å². The van der Waals surface area contributed by atoms with Crippen molar-refractivity contribution in [2.75, 3.05) is 45.4 Å². The zero-order valence-corrected chi connectivity index (χ0v) is 25.0. The predicted octanol–water partition coefficient (Wildman–Crippen LogP) is 5.08. The van der Waals surface area contributed by atoms with Crippen molar-refractivity contribution < 1.29 is 26.1 Å². The van der Waals surface area contributed by atoms with E-state index < -0.39 is 19.2 Å². The molecule has 7 nitrogen and oxygen atoms in total. The Kier molecular flexibility index (Phi) is 20.9. The second kappa shape index (κ2) is 20.6. The van der Waals surface area contributed by atoms with Crippen LogP contribution in [0.3, 0.4) is 0 Å². The van der Waals surface area contributed by atoms with Crippen molar-refractivity contribution in [3.05, 3.63) is 71.8 Å². The first-order valence-electron chi connectivity index (χ1n) is 11.8. The minimum atomic E-state index is -3.33. The highest BCUT2D eigenvalue weighted by Gasteiger charge is 2.09. The van der Waals surface area contributed by atoms with Gasteiger partial charge in [-0.05, 0) is 30.8 Å². The molecule has 1 N–H and O–H groups in total. The Balaban J connectivity index is 0. The van der Waals surface area contributed by atoms with Gasteiger partial charge in [-0.15, -0.1) is 0 Å². The first kappa shape index (κ1) is 36.7. The Labute approximate surface area is 224 Å².